The zero-order valence-electron chi connectivity index (χ0n) is 15.3. The van der Waals surface area contributed by atoms with Crippen LogP contribution in [0.3, 0.4) is 0 Å². The van der Waals surface area contributed by atoms with E-state index in [4.69, 9.17) is 0 Å². The Morgan fingerprint density at radius 1 is 1.30 bits per heavy atom. The second-order valence-corrected chi connectivity index (χ2v) is 8.16. The highest BCUT2D eigenvalue weighted by Crippen LogP contribution is 2.41. The van der Waals surface area contributed by atoms with E-state index in [2.05, 4.69) is 5.32 Å². The number of aryl methyl sites for hydroxylation is 2. The fourth-order valence-electron chi connectivity index (χ4n) is 3.86. The lowest BCUT2D eigenvalue weighted by Gasteiger charge is -2.23. The van der Waals surface area contributed by atoms with Crippen LogP contribution in [0.1, 0.15) is 28.0 Å². The lowest BCUT2D eigenvalue weighted by atomic mass is 9.92. The SMILES string of the molecule is Cc1ccsc1CN(C)C(=O)CN1C(=O)NC2(CCc3ccccc32)C1=O. The average Bonchev–Trinajstić information content (AvgIpc) is 3.29. The molecule has 1 aromatic heterocycles. The van der Waals surface area contributed by atoms with E-state index >= 15 is 0 Å². The van der Waals surface area contributed by atoms with Crippen LogP contribution in [0, 0.1) is 6.92 Å². The normalized spacial score (nSPS) is 20.9. The summed E-state index contributed by atoms with van der Waals surface area (Å²) in [5, 5.41) is 4.84. The van der Waals surface area contributed by atoms with Gasteiger partial charge in [-0.2, -0.15) is 0 Å². The van der Waals surface area contributed by atoms with E-state index in [1.54, 1.807) is 23.3 Å². The van der Waals surface area contributed by atoms with Crippen LogP contribution < -0.4 is 5.32 Å². The highest BCUT2D eigenvalue weighted by atomic mass is 32.1. The predicted octanol–water partition coefficient (Wildman–Crippen LogP) is 2.41. The third-order valence-corrected chi connectivity index (χ3v) is 6.50. The molecule has 4 rings (SSSR count). The number of nitrogens with zero attached hydrogens (tertiary/aromatic N) is 2. The van der Waals surface area contributed by atoms with E-state index in [1.807, 2.05) is 42.6 Å². The van der Waals surface area contributed by atoms with Crippen LogP contribution in [-0.2, 0) is 28.1 Å². The molecule has 1 N–H and O–H groups in total. The van der Waals surface area contributed by atoms with E-state index in [9.17, 15) is 14.4 Å². The summed E-state index contributed by atoms with van der Waals surface area (Å²) >= 11 is 1.59. The smallest absolute Gasteiger partial charge is 0.325 e. The lowest BCUT2D eigenvalue weighted by Crippen LogP contribution is -2.44. The highest BCUT2D eigenvalue weighted by molar-refractivity contribution is 7.10. The van der Waals surface area contributed by atoms with Crippen molar-refractivity contribution in [2.45, 2.75) is 31.8 Å². The van der Waals surface area contributed by atoms with Crippen molar-refractivity contribution < 1.29 is 14.4 Å². The Labute approximate surface area is 161 Å². The number of carbonyl (C=O) groups is 3. The van der Waals surface area contributed by atoms with Crippen LogP contribution in [0.2, 0.25) is 0 Å². The van der Waals surface area contributed by atoms with Crippen LogP contribution in [-0.4, -0.2) is 41.2 Å². The van der Waals surface area contributed by atoms with Gasteiger partial charge in [0.1, 0.15) is 12.1 Å². The molecule has 2 aliphatic rings. The van der Waals surface area contributed by atoms with E-state index in [0.29, 0.717) is 13.0 Å². The Hall–Kier alpha value is -2.67. The quantitative estimate of drug-likeness (QED) is 0.825. The van der Waals surface area contributed by atoms with E-state index in [0.717, 1.165) is 32.9 Å². The van der Waals surface area contributed by atoms with Crippen molar-refractivity contribution in [2.75, 3.05) is 13.6 Å². The van der Waals surface area contributed by atoms with Gasteiger partial charge in [0.15, 0.2) is 0 Å². The number of hydrogen-bond donors (Lipinski definition) is 1. The maximum atomic E-state index is 13.1. The third-order valence-electron chi connectivity index (χ3n) is 5.49. The van der Waals surface area contributed by atoms with Gasteiger partial charge in [0, 0.05) is 11.9 Å². The van der Waals surface area contributed by atoms with E-state index < -0.39 is 11.6 Å². The van der Waals surface area contributed by atoms with Crippen molar-refractivity contribution in [1.82, 2.24) is 15.1 Å². The molecule has 27 heavy (non-hydrogen) atoms. The predicted molar refractivity (Wildman–Crippen MR) is 102 cm³/mol. The molecule has 0 saturated carbocycles. The Morgan fingerprint density at radius 3 is 2.81 bits per heavy atom. The number of fused-ring (bicyclic) bond motifs is 2. The summed E-state index contributed by atoms with van der Waals surface area (Å²) in [4.78, 5) is 42.0. The average molecular weight is 383 g/mol. The van der Waals surface area contributed by atoms with Crippen molar-refractivity contribution >= 4 is 29.2 Å². The molecule has 7 heteroatoms. The van der Waals surface area contributed by atoms with E-state index in [-0.39, 0.29) is 18.4 Å². The molecule has 1 fully saturated rings. The molecule has 1 atom stereocenters. The number of urea groups is 1. The fourth-order valence-corrected chi connectivity index (χ4v) is 4.82. The second-order valence-electron chi connectivity index (χ2n) is 7.16. The molecular weight excluding hydrogens is 362 g/mol. The number of thiophene rings is 1. The number of likely N-dealkylation sites (N-methyl/N-ethyl adjacent to an activating group) is 1. The third kappa shape index (κ3) is 2.82. The molecule has 1 spiro atoms. The number of imide groups is 1. The Morgan fingerprint density at radius 2 is 2.07 bits per heavy atom. The summed E-state index contributed by atoms with van der Waals surface area (Å²) < 4.78 is 0. The van der Waals surface area contributed by atoms with Gasteiger partial charge < -0.3 is 10.2 Å². The van der Waals surface area contributed by atoms with Gasteiger partial charge in [-0.3, -0.25) is 14.5 Å². The van der Waals surface area contributed by atoms with Crippen LogP contribution in [0.4, 0.5) is 4.79 Å². The van der Waals surface area contributed by atoms with Gasteiger partial charge in [0.25, 0.3) is 5.91 Å². The summed E-state index contributed by atoms with van der Waals surface area (Å²) in [5.41, 5.74) is 2.04. The molecule has 1 aliphatic heterocycles. The topological polar surface area (TPSA) is 69.7 Å². The minimum atomic E-state index is -1.02. The van der Waals surface area contributed by atoms with E-state index in [1.165, 1.54) is 0 Å². The summed E-state index contributed by atoms with van der Waals surface area (Å²) in [7, 11) is 1.70. The van der Waals surface area contributed by atoms with Gasteiger partial charge in [-0.05, 0) is 47.9 Å². The monoisotopic (exact) mass is 383 g/mol. The molecule has 1 aliphatic carbocycles. The first-order valence-electron chi connectivity index (χ1n) is 8.92. The summed E-state index contributed by atoms with van der Waals surface area (Å²) in [6.45, 7) is 2.23. The highest BCUT2D eigenvalue weighted by Gasteiger charge is 2.55. The van der Waals surface area contributed by atoms with Crippen LogP contribution in [0.25, 0.3) is 0 Å². The molecule has 2 aromatic rings. The molecule has 2 heterocycles. The van der Waals surface area contributed by atoms with Crippen molar-refractivity contribution in [3.8, 4) is 0 Å². The van der Waals surface area contributed by atoms with Gasteiger partial charge in [-0.25, -0.2) is 4.79 Å². The first-order valence-corrected chi connectivity index (χ1v) is 9.80. The molecule has 140 valence electrons. The number of hydrogen-bond acceptors (Lipinski definition) is 4. The molecule has 1 saturated heterocycles. The second kappa shape index (κ2) is 6.49. The molecule has 6 nitrogen and oxygen atoms in total. The Balaban J connectivity index is 1.50. The zero-order valence-corrected chi connectivity index (χ0v) is 16.1. The molecule has 0 radical (unpaired) electrons. The fraction of sp³-hybridized carbons (Fsp3) is 0.350. The number of amides is 4. The lowest BCUT2D eigenvalue weighted by molar-refractivity contribution is -0.138. The van der Waals surface area contributed by atoms with Crippen molar-refractivity contribution in [1.29, 1.82) is 0 Å². The number of rotatable bonds is 4. The number of nitrogens with one attached hydrogen (secondary N) is 1. The van der Waals surface area contributed by atoms with Crippen LogP contribution >= 0.6 is 11.3 Å². The molecule has 1 unspecified atom stereocenters. The standard InChI is InChI=1S/C20H21N3O3S/c1-13-8-10-27-16(13)11-22(2)17(24)12-23-18(25)20(21-19(23)26)9-7-14-5-3-4-6-15(14)20/h3-6,8,10H,7,9,11-12H2,1-2H3,(H,21,26). The number of benzene rings is 1. The Bertz CT molecular complexity index is 938. The first kappa shape index (κ1) is 17.7. The van der Waals surface area contributed by atoms with Crippen LogP contribution in [0.5, 0.6) is 0 Å². The van der Waals surface area contributed by atoms with Crippen molar-refractivity contribution in [3.63, 3.8) is 0 Å². The minimum Gasteiger partial charge on any atom is -0.339 e. The zero-order chi connectivity index (χ0) is 19.2. The summed E-state index contributed by atoms with van der Waals surface area (Å²) in [5.74, 6) is -0.582. The molecular formula is C20H21N3O3S. The molecule has 4 amide bonds. The van der Waals surface area contributed by atoms with Gasteiger partial charge in [0.2, 0.25) is 5.91 Å². The largest absolute Gasteiger partial charge is 0.339 e. The Kier molecular flexibility index (Phi) is 4.26. The van der Waals surface area contributed by atoms with Gasteiger partial charge in [-0.1, -0.05) is 24.3 Å². The molecule has 0 bridgehead atoms. The summed E-state index contributed by atoms with van der Waals surface area (Å²) in [6, 6.07) is 9.19. The maximum absolute atomic E-state index is 13.1. The molecule has 1 aromatic carbocycles. The first-order chi connectivity index (χ1) is 12.9. The van der Waals surface area contributed by atoms with Crippen LogP contribution in [0.15, 0.2) is 35.7 Å². The van der Waals surface area contributed by atoms with Crippen molar-refractivity contribution in [2.24, 2.45) is 0 Å². The summed E-state index contributed by atoms with van der Waals surface area (Å²) in [6.07, 6.45) is 1.27. The number of carbonyl (C=O) groups excluding carboxylic acids is 3. The maximum Gasteiger partial charge on any atom is 0.325 e. The van der Waals surface area contributed by atoms with Gasteiger partial charge >= 0.3 is 6.03 Å². The van der Waals surface area contributed by atoms with Gasteiger partial charge in [-0.15, -0.1) is 11.3 Å². The minimum absolute atomic E-state index is 0.241. The van der Waals surface area contributed by atoms with Gasteiger partial charge in [0.05, 0.1) is 6.54 Å². The van der Waals surface area contributed by atoms with Crippen molar-refractivity contribution in [3.05, 3.63) is 57.3 Å².